The molecule has 0 aromatic heterocycles. The lowest BCUT2D eigenvalue weighted by Gasteiger charge is -2.26. The molecular weight excluding hydrogens is 386 g/mol. The van der Waals surface area contributed by atoms with E-state index in [2.05, 4.69) is 11.0 Å². The van der Waals surface area contributed by atoms with E-state index in [1.807, 2.05) is 12.1 Å². The quantitative estimate of drug-likeness (QED) is 0.756. The first-order valence-electron chi connectivity index (χ1n) is 9.15. The topological polar surface area (TPSA) is 55.8 Å². The molecule has 2 aromatic carbocycles. The third-order valence-corrected chi connectivity index (χ3v) is 7.10. The summed E-state index contributed by atoms with van der Waals surface area (Å²) >= 11 is 5.86. The summed E-state index contributed by atoms with van der Waals surface area (Å²) in [5, 5.41) is 0.534. The van der Waals surface area contributed by atoms with E-state index in [1.165, 1.54) is 0 Å². The van der Waals surface area contributed by atoms with Crippen LogP contribution in [-0.2, 0) is 9.84 Å². The monoisotopic (exact) mass is 407 g/mol. The number of hydrogen-bond acceptors (Lipinski definition) is 5. The molecule has 0 N–H and O–H groups in total. The van der Waals surface area contributed by atoms with Gasteiger partial charge < -0.3 is 9.47 Å². The fourth-order valence-corrected chi connectivity index (χ4v) is 5.12. The van der Waals surface area contributed by atoms with Crippen LogP contribution in [-0.4, -0.2) is 45.4 Å². The van der Waals surface area contributed by atoms with Crippen LogP contribution in [0.25, 0.3) is 0 Å². The molecule has 0 amide bonds. The van der Waals surface area contributed by atoms with Gasteiger partial charge in [-0.15, -0.1) is 0 Å². The molecule has 0 spiro atoms. The zero-order valence-electron chi connectivity index (χ0n) is 14.9. The van der Waals surface area contributed by atoms with Crippen LogP contribution >= 0.6 is 11.6 Å². The minimum absolute atomic E-state index is 0.0929. The zero-order chi connectivity index (χ0) is 18.9. The summed E-state index contributed by atoms with van der Waals surface area (Å²) in [4.78, 5) is 2.57. The summed E-state index contributed by atoms with van der Waals surface area (Å²) in [6, 6.07) is 12.6. The van der Waals surface area contributed by atoms with Crippen LogP contribution in [0, 0.1) is 0 Å². The number of fused-ring (bicyclic) bond motifs is 1. The van der Waals surface area contributed by atoms with Gasteiger partial charge in [-0.25, -0.2) is 8.42 Å². The Balaban J connectivity index is 1.46. The van der Waals surface area contributed by atoms with Gasteiger partial charge in [-0.3, -0.25) is 4.90 Å². The maximum atomic E-state index is 12.6. The number of halogens is 1. The minimum atomic E-state index is -3.33. The summed E-state index contributed by atoms with van der Waals surface area (Å²) < 4.78 is 36.5. The molecule has 1 saturated heterocycles. The molecule has 0 bridgehead atoms. The van der Waals surface area contributed by atoms with Gasteiger partial charge in [-0.2, -0.15) is 0 Å². The maximum Gasteiger partial charge on any atom is 0.179 e. The van der Waals surface area contributed by atoms with E-state index in [-0.39, 0.29) is 11.8 Å². The summed E-state index contributed by atoms with van der Waals surface area (Å²) in [7, 11) is -3.33. The molecule has 0 radical (unpaired) electrons. The van der Waals surface area contributed by atoms with E-state index in [9.17, 15) is 8.42 Å². The fraction of sp³-hybridized carbons (Fsp3) is 0.400. The van der Waals surface area contributed by atoms with E-state index < -0.39 is 9.84 Å². The van der Waals surface area contributed by atoms with Gasteiger partial charge in [0, 0.05) is 17.6 Å². The molecule has 0 unspecified atom stereocenters. The van der Waals surface area contributed by atoms with Crippen LogP contribution in [0.15, 0.2) is 47.4 Å². The van der Waals surface area contributed by atoms with Crippen molar-refractivity contribution in [1.29, 1.82) is 0 Å². The maximum absolute atomic E-state index is 12.6. The summed E-state index contributed by atoms with van der Waals surface area (Å²) in [6.07, 6.45) is 2.07. The zero-order valence-corrected chi connectivity index (χ0v) is 16.5. The Morgan fingerprint density at radius 3 is 2.56 bits per heavy atom. The van der Waals surface area contributed by atoms with Crippen LogP contribution in [0.4, 0.5) is 0 Å². The predicted octanol–water partition coefficient (Wildman–Crippen LogP) is 3.72. The highest BCUT2D eigenvalue weighted by Crippen LogP contribution is 2.38. The van der Waals surface area contributed by atoms with Crippen molar-refractivity contribution in [3.05, 3.63) is 53.1 Å². The first-order chi connectivity index (χ1) is 13.0. The van der Waals surface area contributed by atoms with Crippen molar-refractivity contribution in [3.8, 4) is 11.5 Å². The van der Waals surface area contributed by atoms with Crippen LogP contribution in [0.2, 0.25) is 5.02 Å². The molecule has 0 saturated carbocycles. The second-order valence-corrected chi connectivity index (χ2v) is 9.42. The fourth-order valence-electron chi connectivity index (χ4n) is 3.74. The van der Waals surface area contributed by atoms with Gasteiger partial charge in [-0.1, -0.05) is 17.7 Å². The van der Waals surface area contributed by atoms with Crippen molar-refractivity contribution in [1.82, 2.24) is 4.90 Å². The van der Waals surface area contributed by atoms with Crippen LogP contribution in [0.3, 0.4) is 0 Å². The number of rotatable bonds is 5. The standard InChI is InChI=1S/C20H22ClNO4S/c21-16-4-6-17(7-5-16)27(23,24)13-10-22-9-1-2-18(22)15-3-8-19-20(14-15)26-12-11-25-19/h3-8,14,18H,1-2,9-13H2/t18-/m0/s1. The second-order valence-electron chi connectivity index (χ2n) is 6.87. The molecule has 2 aliphatic heterocycles. The van der Waals surface area contributed by atoms with E-state index >= 15 is 0 Å². The number of nitrogens with zero attached hydrogens (tertiary/aromatic N) is 1. The number of hydrogen-bond donors (Lipinski definition) is 0. The molecule has 27 heavy (non-hydrogen) atoms. The Morgan fingerprint density at radius 1 is 1.04 bits per heavy atom. The van der Waals surface area contributed by atoms with E-state index in [1.54, 1.807) is 24.3 Å². The Hall–Kier alpha value is -1.76. The van der Waals surface area contributed by atoms with Crippen molar-refractivity contribution in [2.45, 2.75) is 23.8 Å². The van der Waals surface area contributed by atoms with Crippen molar-refractivity contribution >= 4 is 21.4 Å². The van der Waals surface area contributed by atoms with Crippen molar-refractivity contribution in [3.63, 3.8) is 0 Å². The first kappa shape index (κ1) is 18.6. The molecular formula is C20H22ClNO4S. The molecule has 1 fully saturated rings. The van der Waals surface area contributed by atoms with Gasteiger partial charge in [0.25, 0.3) is 0 Å². The predicted molar refractivity (Wildman–Crippen MR) is 104 cm³/mol. The average molecular weight is 408 g/mol. The average Bonchev–Trinajstić information content (AvgIpc) is 3.15. The van der Waals surface area contributed by atoms with Gasteiger partial charge >= 0.3 is 0 Å². The van der Waals surface area contributed by atoms with Crippen LogP contribution in [0.5, 0.6) is 11.5 Å². The van der Waals surface area contributed by atoms with E-state index in [0.29, 0.717) is 29.7 Å². The Labute approximate surface area is 164 Å². The van der Waals surface area contributed by atoms with E-state index in [4.69, 9.17) is 21.1 Å². The van der Waals surface area contributed by atoms with Crippen LogP contribution < -0.4 is 9.47 Å². The van der Waals surface area contributed by atoms with E-state index in [0.717, 1.165) is 36.4 Å². The SMILES string of the molecule is O=S(=O)(CCN1CCC[C@H]1c1ccc2c(c1)OCCO2)c1ccc(Cl)cc1. The first-order valence-corrected chi connectivity index (χ1v) is 11.2. The van der Waals surface area contributed by atoms with Crippen LogP contribution in [0.1, 0.15) is 24.4 Å². The number of benzene rings is 2. The molecule has 7 heteroatoms. The van der Waals surface area contributed by atoms with Crippen molar-refractivity contribution < 1.29 is 17.9 Å². The highest BCUT2D eigenvalue weighted by Gasteiger charge is 2.28. The Morgan fingerprint density at radius 2 is 1.78 bits per heavy atom. The van der Waals surface area contributed by atoms with Gasteiger partial charge in [-0.05, 0) is 61.3 Å². The second kappa shape index (κ2) is 7.70. The van der Waals surface area contributed by atoms with Crippen molar-refractivity contribution in [2.24, 2.45) is 0 Å². The van der Waals surface area contributed by atoms with Gasteiger partial charge in [0.15, 0.2) is 21.3 Å². The molecule has 2 aromatic rings. The highest BCUT2D eigenvalue weighted by atomic mass is 35.5. The summed E-state index contributed by atoms with van der Waals surface area (Å²) in [5.74, 6) is 1.65. The van der Waals surface area contributed by atoms with Gasteiger partial charge in [0.1, 0.15) is 13.2 Å². The van der Waals surface area contributed by atoms with Gasteiger partial charge in [0.05, 0.1) is 10.6 Å². The molecule has 4 rings (SSSR count). The smallest absolute Gasteiger partial charge is 0.179 e. The lowest BCUT2D eigenvalue weighted by atomic mass is 10.0. The van der Waals surface area contributed by atoms with Gasteiger partial charge in [0.2, 0.25) is 0 Å². The third kappa shape index (κ3) is 4.08. The summed E-state index contributed by atoms with van der Waals surface area (Å²) in [5.41, 5.74) is 1.15. The molecule has 2 aliphatic rings. The van der Waals surface area contributed by atoms with Crippen molar-refractivity contribution in [2.75, 3.05) is 32.1 Å². The molecule has 0 aliphatic carbocycles. The lowest BCUT2D eigenvalue weighted by molar-refractivity contribution is 0.170. The normalized spacial score (nSPS) is 20.0. The molecule has 2 heterocycles. The number of sulfone groups is 1. The number of likely N-dealkylation sites (tertiary alicyclic amines) is 1. The largest absolute Gasteiger partial charge is 0.486 e. The summed E-state index contributed by atoms with van der Waals surface area (Å²) in [6.45, 7) is 2.54. The third-order valence-electron chi connectivity index (χ3n) is 5.13. The Bertz CT molecular complexity index is 914. The Kier molecular flexibility index (Phi) is 5.30. The highest BCUT2D eigenvalue weighted by molar-refractivity contribution is 7.91. The molecule has 1 atom stereocenters. The molecule has 144 valence electrons. The minimum Gasteiger partial charge on any atom is -0.486 e. The lowest BCUT2D eigenvalue weighted by Crippen LogP contribution is -2.29. The molecule has 5 nitrogen and oxygen atoms in total. The number of ether oxygens (including phenoxy) is 2.